The van der Waals surface area contributed by atoms with Crippen LogP contribution in [0.4, 0.5) is 0 Å². The van der Waals surface area contributed by atoms with E-state index >= 15 is 0 Å². The molecular weight excluding hydrogens is 314 g/mol. The molecule has 0 bridgehead atoms. The first kappa shape index (κ1) is 15.1. The fraction of sp³-hybridized carbons (Fsp3) is 0.0500. The number of benzene rings is 2. The zero-order chi connectivity index (χ0) is 17.2. The molecule has 0 saturated heterocycles. The first-order valence-electron chi connectivity index (χ1n) is 7.87. The Kier molecular flexibility index (Phi) is 3.74. The molecule has 0 fully saturated rings. The fourth-order valence-corrected chi connectivity index (χ4v) is 2.70. The average molecular weight is 329 g/mol. The van der Waals surface area contributed by atoms with E-state index in [0.717, 1.165) is 22.2 Å². The van der Waals surface area contributed by atoms with Crippen molar-refractivity contribution in [2.24, 2.45) is 0 Å². The van der Waals surface area contributed by atoms with E-state index in [1.807, 2.05) is 30.3 Å². The van der Waals surface area contributed by atoms with Crippen molar-refractivity contribution in [2.75, 3.05) is 0 Å². The highest BCUT2D eigenvalue weighted by Gasteiger charge is 2.08. The van der Waals surface area contributed by atoms with Gasteiger partial charge in [0.2, 0.25) is 0 Å². The normalized spacial score (nSPS) is 10.9. The minimum Gasteiger partial charge on any atom is -0.508 e. The van der Waals surface area contributed by atoms with Crippen molar-refractivity contribution in [3.63, 3.8) is 0 Å². The Labute approximate surface area is 144 Å². The highest BCUT2D eigenvalue weighted by atomic mass is 16.3. The van der Waals surface area contributed by atoms with Crippen molar-refractivity contribution in [2.45, 2.75) is 6.42 Å². The number of aromatic nitrogens is 3. The summed E-state index contributed by atoms with van der Waals surface area (Å²) in [6, 6.07) is 16.0. The number of hydrogen-bond donors (Lipinski definition) is 2. The summed E-state index contributed by atoms with van der Waals surface area (Å²) in [5.74, 6) is 1.12. The summed E-state index contributed by atoms with van der Waals surface area (Å²) in [6.07, 6.45) is 3.98. The summed E-state index contributed by atoms with van der Waals surface area (Å²) in [5.41, 5.74) is 3.97. The molecule has 0 aliphatic rings. The second kappa shape index (κ2) is 6.20. The van der Waals surface area contributed by atoms with Gasteiger partial charge in [-0.3, -0.25) is 4.98 Å². The van der Waals surface area contributed by atoms with Crippen LogP contribution in [0.5, 0.6) is 11.5 Å². The number of phenols is 2. The number of hydrogen-bond acceptors (Lipinski definition) is 5. The van der Waals surface area contributed by atoms with Crippen molar-refractivity contribution in [3.05, 3.63) is 78.4 Å². The lowest BCUT2D eigenvalue weighted by Gasteiger charge is -2.06. The summed E-state index contributed by atoms with van der Waals surface area (Å²) < 4.78 is 0. The number of pyridine rings is 1. The first-order valence-corrected chi connectivity index (χ1v) is 7.87. The molecule has 5 nitrogen and oxygen atoms in total. The second-order valence-electron chi connectivity index (χ2n) is 5.77. The van der Waals surface area contributed by atoms with E-state index in [9.17, 15) is 10.2 Å². The summed E-state index contributed by atoms with van der Waals surface area (Å²) in [5, 5.41) is 19.4. The molecule has 4 rings (SSSR count). The summed E-state index contributed by atoms with van der Waals surface area (Å²) >= 11 is 0. The van der Waals surface area contributed by atoms with Crippen molar-refractivity contribution in [1.82, 2.24) is 15.0 Å². The topological polar surface area (TPSA) is 79.1 Å². The van der Waals surface area contributed by atoms with Gasteiger partial charge in [0.25, 0.3) is 0 Å². The van der Waals surface area contributed by atoms with Gasteiger partial charge in [-0.1, -0.05) is 30.3 Å². The number of phenolic OH excluding ortho intramolecular Hbond substituents is 2. The van der Waals surface area contributed by atoms with Gasteiger partial charge in [0, 0.05) is 23.7 Å². The van der Waals surface area contributed by atoms with E-state index in [2.05, 4.69) is 15.0 Å². The summed E-state index contributed by atoms with van der Waals surface area (Å²) in [6.45, 7) is 0. The second-order valence-corrected chi connectivity index (χ2v) is 5.77. The van der Waals surface area contributed by atoms with Crippen LogP contribution in [0.25, 0.3) is 22.2 Å². The molecule has 2 N–H and O–H groups in total. The van der Waals surface area contributed by atoms with Crippen LogP contribution in [0.3, 0.4) is 0 Å². The Balaban J connectivity index is 1.71. The standard InChI is InChI=1S/C20H15N3O2/c24-15-7-5-13(6-8-15)9-20-22-12-18-17(23-20)10-14(11-21-18)16-3-1-2-4-19(16)25/h1-8,10-12,24-25H,9H2. The lowest BCUT2D eigenvalue weighted by atomic mass is 10.1. The smallest absolute Gasteiger partial charge is 0.133 e. The number of para-hydroxylation sites is 1. The molecule has 0 aliphatic carbocycles. The van der Waals surface area contributed by atoms with Gasteiger partial charge in [0.05, 0.1) is 11.7 Å². The SMILES string of the molecule is Oc1ccc(Cc2ncc3ncc(-c4ccccc4O)cc3n2)cc1. The zero-order valence-corrected chi connectivity index (χ0v) is 13.3. The molecule has 0 unspecified atom stereocenters. The quantitative estimate of drug-likeness (QED) is 0.599. The Hall–Kier alpha value is -3.47. The first-order chi connectivity index (χ1) is 12.2. The average Bonchev–Trinajstić information content (AvgIpc) is 2.63. The summed E-state index contributed by atoms with van der Waals surface area (Å²) in [4.78, 5) is 13.3. The third-order valence-electron chi connectivity index (χ3n) is 4.00. The van der Waals surface area contributed by atoms with Crippen molar-refractivity contribution < 1.29 is 10.2 Å². The van der Waals surface area contributed by atoms with Crippen LogP contribution in [-0.2, 0) is 6.42 Å². The maximum atomic E-state index is 10.0. The molecule has 5 heteroatoms. The molecule has 0 saturated carbocycles. The molecular formula is C20H15N3O2. The molecule has 122 valence electrons. The lowest BCUT2D eigenvalue weighted by molar-refractivity contribution is 0.475. The maximum Gasteiger partial charge on any atom is 0.133 e. The van der Waals surface area contributed by atoms with E-state index in [4.69, 9.17) is 0 Å². The van der Waals surface area contributed by atoms with Crippen molar-refractivity contribution in [1.29, 1.82) is 0 Å². The maximum absolute atomic E-state index is 10.0. The predicted octanol–water partition coefficient (Wildman–Crippen LogP) is 3.69. The highest BCUT2D eigenvalue weighted by molar-refractivity contribution is 5.81. The Morgan fingerprint density at radius 3 is 2.40 bits per heavy atom. The largest absolute Gasteiger partial charge is 0.508 e. The Morgan fingerprint density at radius 1 is 0.800 bits per heavy atom. The molecule has 0 spiro atoms. The fourth-order valence-electron chi connectivity index (χ4n) is 2.70. The van der Waals surface area contributed by atoms with Crippen LogP contribution in [0, 0.1) is 0 Å². The number of aromatic hydroxyl groups is 2. The molecule has 0 aliphatic heterocycles. The van der Waals surface area contributed by atoms with E-state index in [0.29, 0.717) is 17.8 Å². The molecule has 4 aromatic rings. The van der Waals surface area contributed by atoms with Crippen LogP contribution in [0.1, 0.15) is 11.4 Å². The number of fused-ring (bicyclic) bond motifs is 1. The Bertz CT molecular complexity index is 1050. The van der Waals surface area contributed by atoms with Gasteiger partial charge in [-0.25, -0.2) is 9.97 Å². The molecule has 0 radical (unpaired) electrons. The summed E-state index contributed by atoms with van der Waals surface area (Å²) in [7, 11) is 0. The van der Waals surface area contributed by atoms with Crippen LogP contribution in [0.2, 0.25) is 0 Å². The van der Waals surface area contributed by atoms with Crippen molar-refractivity contribution in [3.8, 4) is 22.6 Å². The van der Waals surface area contributed by atoms with Crippen LogP contribution in [0.15, 0.2) is 67.0 Å². The van der Waals surface area contributed by atoms with E-state index in [-0.39, 0.29) is 11.5 Å². The van der Waals surface area contributed by atoms with Gasteiger partial charge < -0.3 is 10.2 Å². The van der Waals surface area contributed by atoms with E-state index in [1.165, 1.54) is 0 Å². The van der Waals surface area contributed by atoms with Gasteiger partial charge in [-0.2, -0.15) is 0 Å². The van der Waals surface area contributed by atoms with Crippen molar-refractivity contribution >= 4 is 11.0 Å². The van der Waals surface area contributed by atoms with Crippen LogP contribution < -0.4 is 0 Å². The van der Waals surface area contributed by atoms with Gasteiger partial charge in [0.15, 0.2) is 0 Å². The monoisotopic (exact) mass is 329 g/mol. The molecule has 0 amide bonds. The predicted molar refractivity (Wildman–Crippen MR) is 95.3 cm³/mol. The minimum absolute atomic E-state index is 0.210. The van der Waals surface area contributed by atoms with Crippen LogP contribution in [-0.4, -0.2) is 25.2 Å². The van der Waals surface area contributed by atoms with Gasteiger partial charge >= 0.3 is 0 Å². The number of rotatable bonds is 3. The highest BCUT2D eigenvalue weighted by Crippen LogP contribution is 2.29. The minimum atomic E-state index is 0.210. The molecule has 2 aromatic heterocycles. The van der Waals surface area contributed by atoms with E-state index < -0.39 is 0 Å². The third kappa shape index (κ3) is 3.12. The third-order valence-corrected chi connectivity index (χ3v) is 4.00. The molecule has 0 atom stereocenters. The molecule has 2 heterocycles. The number of nitrogens with zero attached hydrogens (tertiary/aromatic N) is 3. The Morgan fingerprint density at radius 2 is 1.60 bits per heavy atom. The zero-order valence-electron chi connectivity index (χ0n) is 13.3. The van der Waals surface area contributed by atoms with E-state index in [1.54, 1.807) is 36.7 Å². The van der Waals surface area contributed by atoms with Gasteiger partial charge in [-0.15, -0.1) is 0 Å². The molecule has 2 aromatic carbocycles. The molecule has 25 heavy (non-hydrogen) atoms. The lowest BCUT2D eigenvalue weighted by Crippen LogP contribution is -1.98. The van der Waals surface area contributed by atoms with Gasteiger partial charge in [0.1, 0.15) is 22.8 Å². The van der Waals surface area contributed by atoms with Gasteiger partial charge in [-0.05, 0) is 29.8 Å². The van der Waals surface area contributed by atoms with Crippen LogP contribution >= 0.6 is 0 Å².